The smallest absolute Gasteiger partial charge is 0.328 e. The van der Waals surface area contributed by atoms with Crippen molar-refractivity contribution in [2.75, 3.05) is 7.11 Å². The van der Waals surface area contributed by atoms with Crippen molar-refractivity contribution in [3.8, 4) is 0 Å². The van der Waals surface area contributed by atoms with Crippen molar-refractivity contribution in [3.05, 3.63) is 69.0 Å². The van der Waals surface area contributed by atoms with E-state index in [0.29, 0.717) is 5.56 Å². The first kappa shape index (κ1) is 22.8. The molecule has 2 aromatic carbocycles. The van der Waals surface area contributed by atoms with E-state index in [9.17, 15) is 18.8 Å². The lowest BCUT2D eigenvalue weighted by Crippen LogP contribution is -2.53. The predicted molar refractivity (Wildman–Crippen MR) is 115 cm³/mol. The topological polar surface area (TPSA) is 84.5 Å². The quantitative estimate of drug-likeness (QED) is 0.421. The van der Waals surface area contributed by atoms with Crippen molar-refractivity contribution in [1.29, 1.82) is 0 Å². The minimum Gasteiger partial charge on any atom is -0.467 e. The van der Waals surface area contributed by atoms with E-state index in [1.54, 1.807) is 6.07 Å². The number of benzene rings is 2. The number of methoxy groups -OCH3 is 1. The molecule has 0 radical (unpaired) electrons. The zero-order chi connectivity index (χ0) is 21.4. The summed E-state index contributed by atoms with van der Waals surface area (Å²) < 4.78 is 19.3. The van der Waals surface area contributed by atoms with Gasteiger partial charge in [0.1, 0.15) is 17.9 Å². The van der Waals surface area contributed by atoms with Crippen molar-refractivity contribution < 1.29 is 23.5 Å². The normalized spacial score (nSPS) is 12.6. The Labute approximate surface area is 182 Å². The average molecular weight is 512 g/mol. The molecule has 2 amide bonds. The van der Waals surface area contributed by atoms with Gasteiger partial charge in [0.25, 0.3) is 0 Å². The molecule has 0 aliphatic heterocycles. The maximum Gasteiger partial charge on any atom is 0.328 e. The number of rotatable bonds is 8. The van der Waals surface area contributed by atoms with Crippen LogP contribution in [0.5, 0.6) is 0 Å². The van der Waals surface area contributed by atoms with Crippen molar-refractivity contribution in [3.63, 3.8) is 0 Å². The summed E-state index contributed by atoms with van der Waals surface area (Å²) in [6, 6.07) is 11.4. The fourth-order valence-corrected chi connectivity index (χ4v) is 3.45. The average Bonchev–Trinajstić information content (AvgIpc) is 2.67. The highest BCUT2D eigenvalue weighted by Gasteiger charge is 2.27. The third-order valence-corrected chi connectivity index (χ3v) is 5.26. The molecular formula is C21H22FIN2O4. The number of amides is 2. The molecule has 0 bridgehead atoms. The third-order valence-electron chi connectivity index (χ3n) is 4.21. The second-order valence-corrected chi connectivity index (χ2v) is 7.63. The van der Waals surface area contributed by atoms with E-state index in [4.69, 9.17) is 4.74 Å². The number of carbonyl (C=O) groups is 3. The predicted octanol–water partition coefficient (Wildman–Crippen LogP) is 2.38. The number of hydrogen-bond acceptors (Lipinski definition) is 4. The van der Waals surface area contributed by atoms with Gasteiger partial charge in [-0.1, -0.05) is 30.3 Å². The van der Waals surface area contributed by atoms with Crippen LogP contribution >= 0.6 is 22.6 Å². The van der Waals surface area contributed by atoms with Gasteiger partial charge >= 0.3 is 5.97 Å². The van der Waals surface area contributed by atoms with Gasteiger partial charge in [0.2, 0.25) is 11.8 Å². The number of halogens is 2. The van der Waals surface area contributed by atoms with Crippen LogP contribution in [-0.2, 0) is 32.0 Å². The Balaban J connectivity index is 2.19. The highest BCUT2D eigenvalue weighted by atomic mass is 127. The van der Waals surface area contributed by atoms with Crippen molar-refractivity contribution >= 4 is 40.4 Å². The fraction of sp³-hybridized carbons (Fsp3) is 0.286. The first-order valence-corrected chi connectivity index (χ1v) is 10.0. The molecule has 0 saturated carbocycles. The number of hydrogen-bond donors (Lipinski definition) is 2. The standard InChI is InChI=1S/C21H22FIN2O4/c1-13(26)24-18(11-14-6-5-8-16(22)10-14)20(27)25-19(21(28)29-2)12-15-7-3-4-9-17(15)23/h3-10,18-19H,11-12H2,1-2H3,(H,24,26)(H,25,27)/t18-,19+/m1/s1. The number of esters is 1. The molecule has 2 N–H and O–H groups in total. The van der Waals surface area contributed by atoms with E-state index in [0.717, 1.165) is 9.13 Å². The van der Waals surface area contributed by atoms with Gasteiger partial charge in [-0.25, -0.2) is 9.18 Å². The molecule has 29 heavy (non-hydrogen) atoms. The molecule has 6 nitrogen and oxygen atoms in total. The Morgan fingerprint density at radius 1 is 1.03 bits per heavy atom. The van der Waals surface area contributed by atoms with Gasteiger partial charge in [-0.05, 0) is 51.9 Å². The molecule has 0 heterocycles. The highest BCUT2D eigenvalue weighted by molar-refractivity contribution is 14.1. The highest BCUT2D eigenvalue weighted by Crippen LogP contribution is 2.14. The summed E-state index contributed by atoms with van der Waals surface area (Å²) >= 11 is 2.15. The van der Waals surface area contributed by atoms with Crippen LogP contribution in [0.2, 0.25) is 0 Å². The second-order valence-electron chi connectivity index (χ2n) is 6.47. The number of nitrogens with one attached hydrogen (secondary N) is 2. The van der Waals surface area contributed by atoms with E-state index in [2.05, 4.69) is 33.2 Å². The minimum absolute atomic E-state index is 0.0833. The van der Waals surface area contributed by atoms with Crippen LogP contribution in [0.1, 0.15) is 18.1 Å². The van der Waals surface area contributed by atoms with Crippen molar-refractivity contribution in [2.24, 2.45) is 0 Å². The lowest BCUT2D eigenvalue weighted by Gasteiger charge is -2.22. The molecule has 0 aromatic heterocycles. The SMILES string of the molecule is COC(=O)[C@H](Cc1ccccc1I)NC(=O)[C@@H](Cc1cccc(F)c1)NC(C)=O. The Bertz CT molecular complexity index is 890. The third kappa shape index (κ3) is 7.12. The molecule has 0 aliphatic carbocycles. The van der Waals surface area contributed by atoms with Crippen molar-refractivity contribution in [2.45, 2.75) is 31.8 Å². The molecular weight excluding hydrogens is 490 g/mol. The maximum atomic E-state index is 13.5. The van der Waals surface area contributed by atoms with Crippen LogP contribution in [0.15, 0.2) is 48.5 Å². The van der Waals surface area contributed by atoms with Gasteiger partial charge in [0.15, 0.2) is 0 Å². The summed E-state index contributed by atoms with van der Waals surface area (Å²) in [5.74, 6) is -1.99. The van der Waals surface area contributed by atoms with E-state index < -0.39 is 35.7 Å². The fourth-order valence-electron chi connectivity index (χ4n) is 2.85. The Morgan fingerprint density at radius 2 is 1.76 bits per heavy atom. The summed E-state index contributed by atoms with van der Waals surface area (Å²) in [5.41, 5.74) is 1.43. The first-order valence-electron chi connectivity index (χ1n) is 8.93. The first-order chi connectivity index (χ1) is 13.8. The van der Waals surface area contributed by atoms with Crippen LogP contribution in [0, 0.1) is 9.39 Å². The van der Waals surface area contributed by atoms with E-state index in [-0.39, 0.29) is 12.8 Å². The van der Waals surface area contributed by atoms with Crippen LogP contribution < -0.4 is 10.6 Å². The summed E-state index contributed by atoms with van der Waals surface area (Å²) in [5, 5.41) is 5.22. The summed E-state index contributed by atoms with van der Waals surface area (Å²) in [6.45, 7) is 1.29. The van der Waals surface area contributed by atoms with Gasteiger partial charge in [-0.3, -0.25) is 9.59 Å². The van der Waals surface area contributed by atoms with Gasteiger partial charge < -0.3 is 15.4 Å². The second kappa shape index (κ2) is 10.9. The molecule has 0 aliphatic rings. The van der Waals surface area contributed by atoms with Crippen LogP contribution in [0.4, 0.5) is 4.39 Å². The molecule has 2 aromatic rings. The van der Waals surface area contributed by atoms with E-state index in [1.807, 2.05) is 24.3 Å². The molecule has 0 spiro atoms. The van der Waals surface area contributed by atoms with Gasteiger partial charge in [-0.15, -0.1) is 0 Å². The maximum absolute atomic E-state index is 13.5. The van der Waals surface area contributed by atoms with Crippen LogP contribution in [-0.4, -0.2) is 37.0 Å². The molecule has 154 valence electrons. The molecule has 8 heteroatoms. The summed E-state index contributed by atoms with van der Waals surface area (Å²) in [6.07, 6.45) is 0.324. The zero-order valence-electron chi connectivity index (χ0n) is 16.1. The van der Waals surface area contributed by atoms with Crippen molar-refractivity contribution in [1.82, 2.24) is 10.6 Å². The van der Waals surface area contributed by atoms with Crippen LogP contribution in [0.3, 0.4) is 0 Å². The Kier molecular flexibility index (Phi) is 8.56. The van der Waals surface area contributed by atoms with Crippen LogP contribution in [0.25, 0.3) is 0 Å². The van der Waals surface area contributed by atoms with E-state index in [1.165, 1.54) is 32.2 Å². The lowest BCUT2D eigenvalue weighted by molar-refractivity contribution is -0.145. The van der Waals surface area contributed by atoms with Gasteiger partial charge in [0.05, 0.1) is 7.11 Å². The summed E-state index contributed by atoms with van der Waals surface area (Å²) in [4.78, 5) is 36.6. The largest absolute Gasteiger partial charge is 0.467 e. The van der Waals surface area contributed by atoms with Gasteiger partial charge in [0, 0.05) is 23.3 Å². The molecule has 0 fully saturated rings. The van der Waals surface area contributed by atoms with Gasteiger partial charge in [-0.2, -0.15) is 0 Å². The number of carbonyl (C=O) groups excluding carboxylic acids is 3. The van der Waals surface area contributed by atoms with E-state index >= 15 is 0 Å². The monoisotopic (exact) mass is 512 g/mol. The Morgan fingerprint density at radius 3 is 2.38 bits per heavy atom. The zero-order valence-corrected chi connectivity index (χ0v) is 18.2. The molecule has 2 atom stereocenters. The number of ether oxygens (including phenoxy) is 1. The Hall–Kier alpha value is -2.49. The lowest BCUT2D eigenvalue weighted by atomic mass is 10.0. The minimum atomic E-state index is -0.962. The molecule has 0 saturated heterocycles. The summed E-state index contributed by atoms with van der Waals surface area (Å²) in [7, 11) is 1.25. The molecule has 0 unspecified atom stereocenters. The molecule has 2 rings (SSSR count).